The highest BCUT2D eigenvalue weighted by Crippen LogP contribution is 1.99. The Kier molecular flexibility index (Phi) is 6.68. The molecule has 0 N–H and O–H groups in total. The van der Waals surface area contributed by atoms with Gasteiger partial charge in [0.15, 0.2) is 0 Å². The Balaban J connectivity index is 0.000000265. The summed E-state index contributed by atoms with van der Waals surface area (Å²) >= 11 is 0. The summed E-state index contributed by atoms with van der Waals surface area (Å²) in [5.74, 6) is 0.813. The van der Waals surface area contributed by atoms with Crippen molar-refractivity contribution < 1.29 is 4.79 Å². The van der Waals surface area contributed by atoms with Crippen molar-refractivity contribution >= 4 is 5.78 Å². The van der Waals surface area contributed by atoms with Crippen molar-refractivity contribution in [3.05, 3.63) is 35.4 Å². The van der Waals surface area contributed by atoms with Gasteiger partial charge in [0.05, 0.1) is 0 Å². The fourth-order valence-electron chi connectivity index (χ4n) is 1.21. The summed E-state index contributed by atoms with van der Waals surface area (Å²) < 4.78 is 0. The van der Waals surface area contributed by atoms with E-state index < -0.39 is 0 Å². The molecule has 0 radical (unpaired) electrons. The molecule has 0 fully saturated rings. The number of hydrogen-bond acceptors (Lipinski definition) is 1. The van der Waals surface area contributed by atoms with Gasteiger partial charge in [-0.2, -0.15) is 0 Å². The molecule has 0 atom stereocenters. The summed E-state index contributed by atoms with van der Waals surface area (Å²) in [4.78, 5) is 10.3. The maximum atomic E-state index is 10.3. The Morgan fingerprint density at radius 2 is 1.40 bits per heavy atom. The summed E-state index contributed by atoms with van der Waals surface area (Å²) in [5.41, 5.74) is 2.66. The van der Waals surface area contributed by atoms with Crippen molar-refractivity contribution in [1.82, 2.24) is 0 Å². The lowest BCUT2D eigenvalue weighted by molar-refractivity contribution is -0.117. The number of benzene rings is 1. The Hall–Kier alpha value is -1.11. The molecule has 0 aliphatic carbocycles. The molecular weight excluding hydrogens is 184 g/mol. The molecule has 1 heteroatoms. The summed E-state index contributed by atoms with van der Waals surface area (Å²) in [7, 11) is 0. The highest BCUT2D eigenvalue weighted by Gasteiger charge is 1.95. The molecule has 84 valence electrons. The highest BCUT2D eigenvalue weighted by atomic mass is 16.1. The molecule has 1 rings (SSSR count). The van der Waals surface area contributed by atoms with Crippen molar-refractivity contribution in [3.8, 4) is 0 Å². The second kappa shape index (κ2) is 7.22. The Bertz CT molecular complexity index is 262. The minimum Gasteiger partial charge on any atom is -0.300 e. The van der Waals surface area contributed by atoms with Crippen LogP contribution < -0.4 is 0 Å². The Labute approximate surface area is 93.5 Å². The van der Waals surface area contributed by atoms with Crippen molar-refractivity contribution in [2.45, 2.75) is 41.0 Å². The smallest absolute Gasteiger partial charge is 0.130 e. The molecule has 0 saturated heterocycles. The van der Waals surface area contributed by atoms with Crippen LogP contribution in [0.3, 0.4) is 0 Å². The first-order valence-electron chi connectivity index (χ1n) is 5.44. The van der Waals surface area contributed by atoms with Crippen LogP contribution in [0, 0.1) is 19.8 Å². The van der Waals surface area contributed by atoms with Gasteiger partial charge in [-0.25, -0.2) is 0 Å². The molecule has 1 aromatic carbocycles. The molecular formula is C14H22O. The van der Waals surface area contributed by atoms with Gasteiger partial charge in [-0.3, -0.25) is 0 Å². The first-order chi connectivity index (χ1) is 6.91. The van der Waals surface area contributed by atoms with Crippen LogP contribution in [0.4, 0.5) is 0 Å². The van der Waals surface area contributed by atoms with E-state index in [2.05, 4.69) is 38.1 Å². The van der Waals surface area contributed by atoms with Crippen LogP contribution in [0.5, 0.6) is 0 Å². The SMILES string of the molecule is CC(=O)CC(C)C.Cc1ccc(C)cc1. The van der Waals surface area contributed by atoms with Gasteiger partial charge in [-0.1, -0.05) is 49.2 Å². The van der Waals surface area contributed by atoms with Crippen molar-refractivity contribution in [3.63, 3.8) is 0 Å². The standard InChI is InChI=1S/C8H10.C6H12O/c1-7-3-5-8(2)6-4-7;1-5(2)4-6(3)7/h3-6H,1-2H3;5H,4H2,1-3H3. The predicted octanol–water partition coefficient (Wildman–Crippen LogP) is 3.92. The third kappa shape index (κ3) is 9.20. The zero-order valence-corrected chi connectivity index (χ0v) is 10.5. The molecule has 0 bridgehead atoms. The second-order valence-corrected chi connectivity index (χ2v) is 4.45. The van der Waals surface area contributed by atoms with Crippen LogP contribution in [-0.2, 0) is 4.79 Å². The maximum absolute atomic E-state index is 10.3. The predicted molar refractivity (Wildman–Crippen MR) is 66.1 cm³/mol. The summed E-state index contributed by atoms with van der Waals surface area (Å²) in [6, 6.07) is 8.48. The fourth-order valence-corrected chi connectivity index (χ4v) is 1.21. The third-order valence-electron chi connectivity index (χ3n) is 1.91. The highest BCUT2D eigenvalue weighted by molar-refractivity contribution is 5.75. The maximum Gasteiger partial charge on any atom is 0.130 e. The van der Waals surface area contributed by atoms with E-state index in [-0.39, 0.29) is 5.78 Å². The van der Waals surface area contributed by atoms with Gasteiger partial charge in [0, 0.05) is 6.42 Å². The van der Waals surface area contributed by atoms with Gasteiger partial charge in [0.1, 0.15) is 5.78 Å². The van der Waals surface area contributed by atoms with Gasteiger partial charge in [0.2, 0.25) is 0 Å². The Morgan fingerprint density at radius 3 is 1.53 bits per heavy atom. The number of carbonyl (C=O) groups excluding carboxylic acids is 1. The summed E-state index contributed by atoms with van der Waals surface area (Å²) in [5, 5.41) is 0. The number of ketones is 1. The van der Waals surface area contributed by atoms with Crippen LogP contribution >= 0.6 is 0 Å². The van der Waals surface area contributed by atoms with E-state index >= 15 is 0 Å². The Morgan fingerprint density at radius 1 is 1.07 bits per heavy atom. The van der Waals surface area contributed by atoms with Gasteiger partial charge in [-0.15, -0.1) is 0 Å². The van der Waals surface area contributed by atoms with E-state index in [4.69, 9.17) is 0 Å². The van der Waals surface area contributed by atoms with Gasteiger partial charge in [-0.05, 0) is 26.7 Å². The normalized spacial score (nSPS) is 9.47. The van der Waals surface area contributed by atoms with Gasteiger partial charge in [0.25, 0.3) is 0 Å². The van der Waals surface area contributed by atoms with Gasteiger partial charge < -0.3 is 4.79 Å². The van der Waals surface area contributed by atoms with Crippen LogP contribution in [0.15, 0.2) is 24.3 Å². The zero-order chi connectivity index (χ0) is 11.8. The largest absolute Gasteiger partial charge is 0.300 e. The van der Waals surface area contributed by atoms with E-state index in [0.29, 0.717) is 5.92 Å². The topological polar surface area (TPSA) is 17.1 Å². The van der Waals surface area contributed by atoms with Crippen molar-refractivity contribution in [2.75, 3.05) is 0 Å². The third-order valence-corrected chi connectivity index (χ3v) is 1.91. The number of carbonyl (C=O) groups is 1. The molecule has 0 aromatic heterocycles. The lowest BCUT2D eigenvalue weighted by atomic mass is 10.1. The minimum absolute atomic E-state index is 0.287. The zero-order valence-electron chi connectivity index (χ0n) is 10.5. The van der Waals surface area contributed by atoms with E-state index in [1.54, 1.807) is 6.92 Å². The molecule has 0 saturated carbocycles. The summed E-state index contributed by atoms with van der Waals surface area (Å²) in [6.07, 6.45) is 0.722. The quantitative estimate of drug-likeness (QED) is 0.716. The number of hydrogen-bond donors (Lipinski definition) is 0. The fraction of sp³-hybridized carbons (Fsp3) is 0.500. The second-order valence-electron chi connectivity index (χ2n) is 4.45. The lowest BCUT2D eigenvalue weighted by Gasteiger charge is -1.95. The molecule has 1 nitrogen and oxygen atoms in total. The number of rotatable bonds is 2. The van der Waals surface area contributed by atoms with E-state index in [1.165, 1.54) is 11.1 Å². The van der Waals surface area contributed by atoms with Crippen LogP contribution in [0.1, 0.15) is 38.3 Å². The van der Waals surface area contributed by atoms with Crippen molar-refractivity contribution in [1.29, 1.82) is 0 Å². The minimum atomic E-state index is 0.287. The van der Waals surface area contributed by atoms with Crippen molar-refractivity contribution in [2.24, 2.45) is 5.92 Å². The molecule has 1 aromatic rings. The molecule has 0 unspecified atom stereocenters. The first kappa shape index (κ1) is 13.9. The first-order valence-corrected chi connectivity index (χ1v) is 5.44. The average molecular weight is 206 g/mol. The lowest BCUT2D eigenvalue weighted by Crippen LogP contribution is -1.95. The van der Waals surface area contributed by atoms with Gasteiger partial charge >= 0.3 is 0 Å². The van der Waals surface area contributed by atoms with E-state index in [9.17, 15) is 4.79 Å². The molecule has 0 aliphatic rings. The van der Waals surface area contributed by atoms with Crippen LogP contribution in [0.25, 0.3) is 0 Å². The molecule has 0 aliphatic heterocycles. The van der Waals surface area contributed by atoms with E-state index in [0.717, 1.165) is 6.42 Å². The van der Waals surface area contributed by atoms with E-state index in [1.807, 2.05) is 13.8 Å². The summed E-state index contributed by atoms with van der Waals surface area (Å²) in [6.45, 7) is 9.90. The molecule has 0 spiro atoms. The molecule has 0 heterocycles. The van der Waals surface area contributed by atoms with Crippen LogP contribution in [-0.4, -0.2) is 5.78 Å². The average Bonchev–Trinajstić information content (AvgIpc) is 2.09. The van der Waals surface area contributed by atoms with Crippen LogP contribution in [0.2, 0.25) is 0 Å². The molecule has 0 amide bonds. The number of aryl methyl sites for hydroxylation is 2. The molecule has 15 heavy (non-hydrogen) atoms. The number of Topliss-reactive ketones (excluding diaryl/α,β-unsaturated/α-hetero) is 1. The monoisotopic (exact) mass is 206 g/mol.